The first-order chi connectivity index (χ1) is 17.4. The van der Waals surface area contributed by atoms with Crippen molar-refractivity contribution in [3.8, 4) is 5.75 Å². The molecule has 1 amide bonds. The molecule has 0 radical (unpaired) electrons. The number of benzene rings is 3. The van der Waals surface area contributed by atoms with Crippen LogP contribution in [0.1, 0.15) is 18.4 Å². The van der Waals surface area contributed by atoms with Crippen molar-refractivity contribution < 1.29 is 17.9 Å². The van der Waals surface area contributed by atoms with E-state index in [2.05, 4.69) is 0 Å². The van der Waals surface area contributed by atoms with Crippen LogP contribution in [0.15, 0.2) is 77.7 Å². The van der Waals surface area contributed by atoms with Gasteiger partial charge >= 0.3 is 0 Å². The fraction of sp³-hybridized carbons (Fsp3) is 0.231. The van der Waals surface area contributed by atoms with E-state index in [4.69, 9.17) is 21.3 Å². The molecule has 7 nitrogen and oxygen atoms in total. The second-order valence-corrected chi connectivity index (χ2v) is 11.8. The standard InChI is InChI=1S/C26H24ClN3O4S2/c1-34-20-11-14-22-24(16-20)35-26(28-22)29(17-18-6-3-2-4-7-18)25(31)23-8-5-15-30(23)36(32,33)21-12-9-19(27)10-13-21/h2-4,6-7,9-14,16,23H,5,8,15,17H2,1H3. The number of halogens is 1. The van der Waals surface area contributed by atoms with Gasteiger partial charge < -0.3 is 4.74 Å². The summed E-state index contributed by atoms with van der Waals surface area (Å²) in [7, 11) is -2.28. The normalized spacial score (nSPS) is 16.3. The van der Waals surface area contributed by atoms with Gasteiger partial charge in [0.05, 0.1) is 28.8 Å². The molecule has 0 aliphatic carbocycles. The van der Waals surface area contributed by atoms with Crippen molar-refractivity contribution in [1.29, 1.82) is 0 Å². The van der Waals surface area contributed by atoms with Gasteiger partial charge in [-0.1, -0.05) is 53.3 Å². The van der Waals surface area contributed by atoms with Gasteiger partial charge in [-0.15, -0.1) is 0 Å². The maximum Gasteiger partial charge on any atom is 0.247 e. The number of anilines is 1. The number of fused-ring (bicyclic) bond motifs is 1. The van der Waals surface area contributed by atoms with Crippen LogP contribution in [0.25, 0.3) is 10.2 Å². The molecule has 1 unspecified atom stereocenters. The first kappa shape index (κ1) is 24.7. The van der Waals surface area contributed by atoms with Crippen LogP contribution < -0.4 is 9.64 Å². The number of methoxy groups -OCH3 is 1. The molecule has 1 saturated heterocycles. The summed E-state index contributed by atoms with van der Waals surface area (Å²) in [5.74, 6) is 0.412. The highest BCUT2D eigenvalue weighted by Crippen LogP contribution is 2.35. The van der Waals surface area contributed by atoms with Crippen molar-refractivity contribution in [2.24, 2.45) is 0 Å². The first-order valence-corrected chi connectivity index (χ1v) is 14.1. The van der Waals surface area contributed by atoms with Gasteiger partial charge in [0.1, 0.15) is 11.8 Å². The zero-order chi connectivity index (χ0) is 25.3. The van der Waals surface area contributed by atoms with Crippen LogP contribution in [0.4, 0.5) is 5.13 Å². The third-order valence-electron chi connectivity index (χ3n) is 6.17. The number of carbonyl (C=O) groups excluding carboxylic acids is 1. The topological polar surface area (TPSA) is 79.8 Å². The SMILES string of the molecule is COc1ccc2nc(N(Cc3ccccc3)C(=O)C3CCCN3S(=O)(=O)c3ccc(Cl)cc3)sc2c1. The van der Waals surface area contributed by atoms with Gasteiger partial charge in [-0.3, -0.25) is 9.69 Å². The van der Waals surface area contributed by atoms with Crippen molar-refractivity contribution >= 4 is 54.2 Å². The molecule has 5 rings (SSSR count). The number of hydrogen-bond acceptors (Lipinski definition) is 6. The number of amides is 1. The highest BCUT2D eigenvalue weighted by molar-refractivity contribution is 7.89. The second kappa shape index (κ2) is 10.2. The molecule has 186 valence electrons. The Morgan fingerprint density at radius 3 is 2.61 bits per heavy atom. The molecule has 0 bridgehead atoms. The lowest BCUT2D eigenvalue weighted by molar-refractivity contribution is -0.121. The van der Waals surface area contributed by atoms with Crippen molar-refractivity contribution in [1.82, 2.24) is 9.29 Å². The highest BCUT2D eigenvalue weighted by Gasteiger charge is 2.42. The van der Waals surface area contributed by atoms with Gasteiger partial charge in [-0.05, 0) is 60.9 Å². The van der Waals surface area contributed by atoms with Crippen LogP contribution in [-0.4, -0.2) is 43.3 Å². The molecule has 0 N–H and O–H groups in total. The molecule has 0 spiro atoms. The van der Waals surface area contributed by atoms with Crippen molar-refractivity contribution in [2.75, 3.05) is 18.6 Å². The van der Waals surface area contributed by atoms with E-state index in [1.54, 1.807) is 24.1 Å². The van der Waals surface area contributed by atoms with E-state index in [0.29, 0.717) is 28.7 Å². The highest BCUT2D eigenvalue weighted by atomic mass is 35.5. The predicted molar refractivity (Wildman–Crippen MR) is 142 cm³/mol. The van der Waals surface area contributed by atoms with Gasteiger partial charge in [0.2, 0.25) is 15.9 Å². The van der Waals surface area contributed by atoms with E-state index in [-0.39, 0.29) is 23.9 Å². The number of nitrogens with zero attached hydrogens (tertiary/aromatic N) is 3. The zero-order valence-electron chi connectivity index (χ0n) is 19.5. The smallest absolute Gasteiger partial charge is 0.247 e. The van der Waals surface area contributed by atoms with E-state index in [1.165, 1.54) is 27.8 Å². The number of hydrogen-bond donors (Lipinski definition) is 0. The number of ether oxygens (including phenoxy) is 1. The minimum absolute atomic E-state index is 0.119. The average molecular weight is 542 g/mol. The Hall–Kier alpha value is -2.98. The maximum atomic E-state index is 14.0. The molecule has 2 heterocycles. The van der Waals surface area contributed by atoms with E-state index in [1.807, 2.05) is 48.5 Å². The first-order valence-electron chi connectivity index (χ1n) is 11.4. The average Bonchev–Trinajstić information content (AvgIpc) is 3.55. The molecule has 1 fully saturated rings. The Bertz CT molecular complexity index is 1490. The van der Waals surface area contributed by atoms with E-state index in [9.17, 15) is 13.2 Å². The Labute approximate surface area is 218 Å². The summed E-state index contributed by atoms with van der Waals surface area (Å²) in [4.78, 5) is 20.5. The van der Waals surface area contributed by atoms with E-state index < -0.39 is 16.1 Å². The quantitative estimate of drug-likeness (QED) is 0.315. The van der Waals surface area contributed by atoms with Gasteiger partial charge in [-0.25, -0.2) is 13.4 Å². The van der Waals surface area contributed by atoms with Gasteiger partial charge in [-0.2, -0.15) is 4.31 Å². The van der Waals surface area contributed by atoms with E-state index in [0.717, 1.165) is 15.8 Å². The Morgan fingerprint density at radius 2 is 1.89 bits per heavy atom. The Morgan fingerprint density at radius 1 is 1.14 bits per heavy atom. The van der Waals surface area contributed by atoms with Gasteiger partial charge in [0.25, 0.3) is 0 Å². The Balaban J connectivity index is 1.52. The molecule has 0 saturated carbocycles. The molecule has 1 aromatic heterocycles. The summed E-state index contributed by atoms with van der Waals surface area (Å²) in [5, 5.41) is 0.965. The summed E-state index contributed by atoms with van der Waals surface area (Å²) < 4.78 is 34.5. The molecule has 10 heteroatoms. The molecule has 3 aromatic carbocycles. The van der Waals surface area contributed by atoms with Crippen LogP contribution in [0, 0.1) is 0 Å². The molecule has 36 heavy (non-hydrogen) atoms. The lowest BCUT2D eigenvalue weighted by Gasteiger charge is -2.28. The second-order valence-electron chi connectivity index (χ2n) is 8.47. The van der Waals surface area contributed by atoms with Crippen molar-refractivity contribution in [3.63, 3.8) is 0 Å². The summed E-state index contributed by atoms with van der Waals surface area (Å²) in [6.45, 7) is 0.555. The fourth-order valence-corrected chi connectivity index (χ4v) is 7.11. The van der Waals surface area contributed by atoms with Crippen LogP contribution in [0.5, 0.6) is 5.75 Å². The van der Waals surface area contributed by atoms with Crippen LogP contribution >= 0.6 is 22.9 Å². The lowest BCUT2D eigenvalue weighted by atomic mass is 10.1. The number of rotatable bonds is 7. The summed E-state index contributed by atoms with van der Waals surface area (Å²) >= 11 is 7.34. The van der Waals surface area contributed by atoms with Gasteiger partial charge in [0, 0.05) is 11.6 Å². The number of sulfonamides is 1. The summed E-state index contributed by atoms with van der Waals surface area (Å²) in [6.07, 6.45) is 1.04. The molecular weight excluding hydrogens is 518 g/mol. The lowest BCUT2D eigenvalue weighted by Crippen LogP contribution is -2.47. The monoisotopic (exact) mass is 541 g/mol. The fourth-order valence-electron chi connectivity index (χ4n) is 4.34. The van der Waals surface area contributed by atoms with Crippen molar-refractivity contribution in [3.05, 3.63) is 83.4 Å². The largest absolute Gasteiger partial charge is 0.497 e. The molecule has 1 aliphatic heterocycles. The summed E-state index contributed by atoms with van der Waals surface area (Å²) in [6, 6.07) is 20.4. The molecular formula is C26H24ClN3O4S2. The zero-order valence-corrected chi connectivity index (χ0v) is 21.9. The number of thiazole rings is 1. The Kier molecular flexibility index (Phi) is 6.98. The minimum Gasteiger partial charge on any atom is -0.497 e. The number of aromatic nitrogens is 1. The third kappa shape index (κ3) is 4.84. The van der Waals surface area contributed by atoms with E-state index >= 15 is 0 Å². The van der Waals surface area contributed by atoms with Gasteiger partial charge in [0.15, 0.2) is 5.13 Å². The van der Waals surface area contributed by atoms with Crippen LogP contribution in [0.3, 0.4) is 0 Å². The van der Waals surface area contributed by atoms with Crippen molar-refractivity contribution in [2.45, 2.75) is 30.3 Å². The third-order valence-corrected chi connectivity index (χ3v) is 9.39. The maximum absolute atomic E-state index is 14.0. The van der Waals surface area contributed by atoms with Crippen LogP contribution in [-0.2, 0) is 21.4 Å². The summed E-state index contributed by atoms with van der Waals surface area (Å²) in [5.41, 5.74) is 1.67. The molecule has 1 aliphatic rings. The minimum atomic E-state index is -3.88. The predicted octanol–water partition coefficient (Wildman–Crippen LogP) is 5.34. The number of carbonyl (C=O) groups is 1. The molecule has 4 aromatic rings. The van der Waals surface area contributed by atoms with Crippen LogP contribution in [0.2, 0.25) is 5.02 Å². The molecule has 1 atom stereocenters.